The molecule has 0 bridgehead atoms. The largest absolute Gasteiger partial charge is 0.508 e. The Bertz CT molecular complexity index is 1300. The molecule has 2 heterocycles. The van der Waals surface area contributed by atoms with E-state index < -0.39 is 0 Å². The molecule has 1 N–H and O–H groups in total. The van der Waals surface area contributed by atoms with E-state index in [0.717, 1.165) is 5.56 Å². The van der Waals surface area contributed by atoms with Gasteiger partial charge in [-0.25, -0.2) is 9.97 Å². The van der Waals surface area contributed by atoms with Gasteiger partial charge in [-0.05, 0) is 35.9 Å². The van der Waals surface area contributed by atoms with Gasteiger partial charge in [-0.2, -0.15) is 0 Å². The van der Waals surface area contributed by atoms with Crippen molar-refractivity contribution in [2.45, 2.75) is 10.9 Å². The predicted octanol–water partition coefficient (Wildman–Crippen LogP) is 4.21. The van der Waals surface area contributed by atoms with Gasteiger partial charge in [-0.1, -0.05) is 47.6 Å². The summed E-state index contributed by atoms with van der Waals surface area (Å²) in [6, 6.07) is 15.1. The molecule has 4 rings (SSSR count). The fraction of sp³-hybridized carbons (Fsp3) is 0.0909. The van der Waals surface area contributed by atoms with Crippen molar-refractivity contribution in [3.8, 4) is 5.75 Å². The maximum absolute atomic E-state index is 12.5. The molecule has 0 aliphatic heterocycles. The summed E-state index contributed by atoms with van der Waals surface area (Å²) in [7, 11) is 1.66. The number of ketones is 1. The number of thioether (sulfide) groups is 1. The van der Waals surface area contributed by atoms with Crippen LogP contribution >= 0.6 is 23.4 Å². The van der Waals surface area contributed by atoms with Crippen molar-refractivity contribution in [2.24, 2.45) is 7.05 Å². The molecule has 6 nitrogen and oxygen atoms in total. The predicted molar refractivity (Wildman–Crippen MR) is 117 cm³/mol. The molecule has 0 aliphatic rings. The van der Waals surface area contributed by atoms with Crippen LogP contribution in [0.4, 0.5) is 0 Å². The van der Waals surface area contributed by atoms with Gasteiger partial charge in [0.1, 0.15) is 10.9 Å². The number of carbonyl (C=O) groups is 1. The fourth-order valence-corrected chi connectivity index (χ4v) is 3.98. The Morgan fingerprint density at radius 2 is 1.83 bits per heavy atom. The maximum atomic E-state index is 12.5. The van der Waals surface area contributed by atoms with Gasteiger partial charge in [0.2, 0.25) is 0 Å². The second-order valence-corrected chi connectivity index (χ2v) is 7.97. The summed E-state index contributed by atoms with van der Waals surface area (Å²) < 4.78 is 1.47. The number of hydrogen-bond acceptors (Lipinski definition) is 6. The van der Waals surface area contributed by atoms with Crippen molar-refractivity contribution in [1.29, 1.82) is 0 Å². The second-order valence-electron chi connectivity index (χ2n) is 6.64. The number of halogens is 1. The van der Waals surface area contributed by atoms with E-state index in [-0.39, 0.29) is 17.1 Å². The molecule has 0 spiro atoms. The van der Waals surface area contributed by atoms with E-state index in [1.54, 1.807) is 37.4 Å². The lowest BCUT2D eigenvalue weighted by molar-refractivity contribution is 0.103. The van der Waals surface area contributed by atoms with Crippen LogP contribution in [0, 0.1) is 0 Å². The third kappa shape index (κ3) is 4.08. The van der Waals surface area contributed by atoms with E-state index in [9.17, 15) is 14.7 Å². The normalized spacial score (nSPS) is 11.0. The zero-order valence-electron chi connectivity index (χ0n) is 15.9. The molecule has 0 amide bonds. The monoisotopic (exact) mass is 437 g/mol. The molecule has 150 valence electrons. The molecule has 30 heavy (non-hydrogen) atoms. The zero-order valence-corrected chi connectivity index (χ0v) is 17.4. The molecule has 2 aromatic heterocycles. The Hall–Kier alpha value is -3.16. The summed E-state index contributed by atoms with van der Waals surface area (Å²) in [5.74, 6) is 0.493. The van der Waals surface area contributed by atoms with Crippen LogP contribution in [-0.2, 0) is 12.8 Å². The standard InChI is InChI=1S/C22H16ClN3O3S/c1-26-21(29)17-10-16(27)7-8-18(17)25-22(26)30-12-13-2-4-14(5-3-13)20(28)15-6-9-19(23)24-11-15/h2-11,27H,12H2,1H3. The quantitative estimate of drug-likeness (QED) is 0.218. The van der Waals surface area contributed by atoms with Crippen molar-refractivity contribution in [1.82, 2.24) is 14.5 Å². The minimum Gasteiger partial charge on any atom is -0.508 e. The third-order valence-corrected chi connectivity index (χ3v) is 5.92. The van der Waals surface area contributed by atoms with Crippen LogP contribution in [0.15, 0.2) is 70.7 Å². The fourth-order valence-electron chi connectivity index (χ4n) is 2.94. The van der Waals surface area contributed by atoms with E-state index >= 15 is 0 Å². The van der Waals surface area contributed by atoms with Crippen LogP contribution in [0.5, 0.6) is 5.75 Å². The first kappa shape index (κ1) is 20.1. The number of phenols is 1. The Morgan fingerprint density at radius 3 is 2.53 bits per heavy atom. The van der Waals surface area contributed by atoms with E-state index in [1.165, 1.54) is 34.7 Å². The summed E-state index contributed by atoms with van der Waals surface area (Å²) in [4.78, 5) is 33.5. The first-order chi connectivity index (χ1) is 14.4. The number of benzene rings is 2. The number of carbonyl (C=O) groups excluding carboxylic acids is 1. The summed E-state index contributed by atoms with van der Waals surface area (Å²) in [6.07, 6.45) is 1.46. The first-order valence-corrected chi connectivity index (χ1v) is 10.4. The van der Waals surface area contributed by atoms with Gasteiger partial charge in [-0.15, -0.1) is 0 Å². The SMILES string of the molecule is Cn1c(SCc2ccc(C(=O)c3ccc(Cl)nc3)cc2)nc2ccc(O)cc2c1=O. The molecular weight excluding hydrogens is 422 g/mol. The highest BCUT2D eigenvalue weighted by molar-refractivity contribution is 7.98. The van der Waals surface area contributed by atoms with Gasteiger partial charge in [0, 0.05) is 30.1 Å². The molecule has 0 radical (unpaired) electrons. The Morgan fingerprint density at radius 1 is 1.10 bits per heavy atom. The molecule has 8 heteroatoms. The highest BCUT2D eigenvalue weighted by Crippen LogP contribution is 2.23. The number of rotatable bonds is 5. The minimum atomic E-state index is -0.212. The van der Waals surface area contributed by atoms with Crippen LogP contribution in [0.2, 0.25) is 5.15 Å². The molecule has 2 aromatic carbocycles. The van der Waals surface area contributed by atoms with Gasteiger partial charge in [0.25, 0.3) is 5.56 Å². The Kier molecular flexibility index (Phi) is 5.57. The lowest BCUT2D eigenvalue weighted by atomic mass is 10.0. The Labute approximate surface area is 181 Å². The van der Waals surface area contributed by atoms with Gasteiger partial charge in [0.05, 0.1) is 10.9 Å². The van der Waals surface area contributed by atoms with Gasteiger partial charge < -0.3 is 5.11 Å². The molecule has 0 saturated carbocycles. The number of nitrogens with zero attached hydrogens (tertiary/aromatic N) is 3. The van der Waals surface area contributed by atoms with Crippen LogP contribution in [-0.4, -0.2) is 25.4 Å². The van der Waals surface area contributed by atoms with Crippen molar-refractivity contribution in [2.75, 3.05) is 0 Å². The van der Waals surface area contributed by atoms with Crippen LogP contribution in [0.25, 0.3) is 10.9 Å². The molecule has 0 saturated heterocycles. The van der Waals surface area contributed by atoms with Gasteiger partial charge >= 0.3 is 0 Å². The van der Waals surface area contributed by atoms with E-state index in [2.05, 4.69) is 9.97 Å². The summed E-state index contributed by atoms with van der Waals surface area (Å²) in [5.41, 5.74) is 2.35. The van der Waals surface area contributed by atoms with Gasteiger partial charge in [-0.3, -0.25) is 14.2 Å². The van der Waals surface area contributed by atoms with E-state index in [4.69, 9.17) is 11.6 Å². The van der Waals surface area contributed by atoms with Gasteiger partial charge in [0.15, 0.2) is 10.9 Å². The number of fused-ring (bicyclic) bond motifs is 1. The number of aromatic nitrogens is 3. The topological polar surface area (TPSA) is 85.1 Å². The number of pyridine rings is 1. The molecule has 4 aromatic rings. The van der Waals surface area contributed by atoms with Crippen molar-refractivity contribution in [3.63, 3.8) is 0 Å². The van der Waals surface area contributed by atoms with E-state index in [1.807, 2.05) is 12.1 Å². The molecule has 0 fully saturated rings. The smallest absolute Gasteiger partial charge is 0.261 e. The van der Waals surface area contributed by atoms with Crippen LogP contribution in [0.1, 0.15) is 21.5 Å². The first-order valence-electron chi connectivity index (χ1n) is 9.00. The molecule has 0 atom stereocenters. The van der Waals surface area contributed by atoms with E-state index in [0.29, 0.717) is 38.1 Å². The third-order valence-electron chi connectivity index (χ3n) is 4.59. The lowest BCUT2D eigenvalue weighted by Gasteiger charge is -2.09. The summed E-state index contributed by atoms with van der Waals surface area (Å²) in [5, 5.41) is 10.9. The lowest BCUT2D eigenvalue weighted by Crippen LogP contribution is -2.19. The number of phenolic OH excluding ortho intramolecular Hbond substituents is 1. The number of hydrogen-bond donors (Lipinski definition) is 1. The van der Waals surface area contributed by atoms with Crippen molar-refractivity contribution < 1.29 is 9.90 Å². The zero-order chi connectivity index (χ0) is 21.3. The second kappa shape index (κ2) is 8.30. The molecule has 0 aliphatic carbocycles. The number of aromatic hydroxyl groups is 1. The van der Waals surface area contributed by atoms with Crippen molar-refractivity contribution >= 4 is 40.0 Å². The highest BCUT2D eigenvalue weighted by atomic mass is 35.5. The molecular formula is C22H16ClN3O3S. The van der Waals surface area contributed by atoms with Crippen LogP contribution < -0.4 is 5.56 Å². The van der Waals surface area contributed by atoms with Crippen LogP contribution in [0.3, 0.4) is 0 Å². The summed E-state index contributed by atoms with van der Waals surface area (Å²) in [6.45, 7) is 0. The Balaban J connectivity index is 1.51. The van der Waals surface area contributed by atoms with Crippen molar-refractivity contribution in [3.05, 3.63) is 93.0 Å². The summed E-state index contributed by atoms with van der Waals surface area (Å²) >= 11 is 7.19. The molecule has 0 unspecified atom stereocenters. The highest BCUT2D eigenvalue weighted by Gasteiger charge is 2.12. The average molecular weight is 438 g/mol. The average Bonchev–Trinajstić information content (AvgIpc) is 2.76. The maximum Gasteiger partial charge on any atom is 0.261 e. The minimum absolute atomic E-state index is 0.0332.